The molecule has 0 amide bonds. The summed E-state index contributed by atoms with van der Waals surface area (Å²) >= 11 is 2.59. The molecule has 0 saturated carbocycles. The van der Waals surface area contributed by atoms with Crippen molar-refractivity contribution in [1.29, 1.82) is 0 Å². The molecule has 1 aliphatic rings. The molecule has 0 aromatic heterocycles. The van der Waals surface area contributed by atoms with E-state index in [4.69, 9.17) is 0 Å². The zero-order valence-corrected chi connectivity index (χ0v) is 8.89. The Morgan fingerprint density at radius 3 is 2.50 bits per heavy atom. The van der Waals surface area contributed by atoms with E-state index < -0.39 is 0 Å². The van der Waals surface area contributed by atoms with Gasteiger partial charge >= 0.3 is 0 Å². The third kappa shape index (κ3) is 1.74. The summed E-state index contributed by atoms with van der Waals surface area (Å²) < 4.78 is 0.468. The lowest BCUT2D eigenvalue weighted by Crippen LogP contribution is -2.26. The molecule has 0 aromatic rings. The second-order valence-corrected chi connectivity index (χ2v) is 5.38. The Morgan fingerprint density at radius 2 is 2.20 bits per heavy atom. The number of halogens is 1. The Hall–Kier alpha value is 0.470. The van der Waals surface area contributed by atoms with Gasteiger partial charge in [-0.2, -0.15) is 0 Å². The van der Waals surface area contributed by atoms with Gasteiger partial charge in [0, 0.05) is 3.42 Å². The molecule has 0 saturated heterocycles. The molecule has 0 fully saturated rings. The largest absolute Gasteiger partial charge is 0.0872 e. The Bertz CT molecular complexity index is 138. The summed E-state index contributed by atoms with van der Waals surface area (Å²) in [5, 5.41) is 0. The van der Waals surface area contributed by atoms with Crippen molar-refractivity contribution in [3.8, 4) is 0 Å². The van der Waals surface area contributed by atoms with Crippen LogP contribution in [0.1, 0.15) is 33.1 Å². The van der Waals surface area contributed by atoms with Gasteiger partial charge in [-0.15, -0.1) is 0 Å². The van der Waals surface area contributed by atoms with Crippen LogP contribution in [0.5, 0.6) is 0 Å². The van der Waals surface area contributed by atoms with Gasteiger partial charge in [0.25, 0.3) is 0 Å². The first-order valence-electron chi connectivity index (χ1n) is 4.02. The van der Waals surface area contributed by atoms with Gasteiger partial charge in [-0.05, 0) is 25.2 Å². The summed E-state index contributed by atoms with van der Waals surface area (Å²) in [6.45, 7) is 4.62. The SMILES string of the molecule is CC(C)C1(I)C=CCCC1. The highest BCUT2D eigenvalue weighted by molar-refractivity contribution is 14.1. The van der Waals surface area contributed by atoms with Crippen LogP contribution < -0.4 is 0 Å². The lowest BCUT2D eigenvalue weighted by Gasteiger charge is -2.30. The minimum atomic E-state index is 0.468. The number of alkyl halides is 1. The van der Waals surface area contributed by atoms with Gasteiger partial charge in [-0.1, -0.05) is 48.6 Å². The lowest BCUT2D eigenvalue weighted by atomic mass is 9.87. The van der Waals surface area contributed by atoms with Crippen molar-refractivity contribution in [2.75, 3.05) is 0 Å². The number of allylic oxidation sites excluding steroid dienone is 2. The fourth-order valence-corrected chi connectivity index (χ4v) is 1.97. The van der Waals surface area contributed by atoms with Crippen molar-refractivity contribution < 1.29 is 0 Å². The number of rotatable bonds is 1. The summed E-state index contributed by atoms with van der Waals surface area (Å²) in [7, 11) is 0. The molecule has 1 aliphatic carbocycles. The van der Waals surface area contributed by atoms with Crippen molar-refractivity contribution in [3.63, 3.8) is 0 Å². The monoisotopic (exact) mass is 250 g/mol. The molecule has 1 atom stereocenters. The highest BCUT2D eigenvalue weighted by Crippen LogP contribution is 2.37. The van der Waals surface area contributed by atoms with Crippen LogP contribution in [0.3, 0.4) is 0 Å². The molecule has 0 spiro atoms. The van der Waals surface area contributed by atoms with E-state index >= 15 is 0 Å². The highest BCUT2D eigenvalue weighted by atomic mass is 127. The van der Waals surface area contributed by atoms with Gasteiger partial charge in [-0.3, -0.25) is 0 Å². The number of hydrogen-bond acceptors (Lipinski definition) is 0. The van der Waals surface area contributed by atoms with E-state index in [9.17, 15) is 0 Å². The van der Waals surface area contributed by atoms with E-state index in [0.29, 0.717) is 3.42 Å². The lowest BCUT2D eigenvalue weighted by molar-refractivity contribution is 0.475. The average Bonchev–Trinajstić information content (AvgIpc) is 1.89. The van der Waals surface area contributed by atoms with Gasteiger partial charge in [0.2, 0.25) is 0 Å². The fourth-order valence-electron chi connectivity index (χ4n) is 1.33. The smallest absolute Gasteiger partial charge is 0.0424 e. The van der Waals surface area contributed by atoms with Crippen LogP contribution >= 0.6 is 22.6 Å². The van der Waals surface area contributed by atoms with Gasteiger partial charge in [0.1, 0.15) is 0 Å². The van der Waals surface area contributed by atoms with E-state index in [1.54, 1.807) is 0 Å². The summed E-state index contributed by atoms with van der Waals surface area (Å²) in [4.78, 5) is 0. The standard InChI is InChI=1S/C9H15I/c1-8(2)9(10)6-4-3-5-7-9/h4,6,8H,3,5,7H2,1-2H3. The third-order valence-electron chi connectivity index (χ3n) is 2.29. The Kier molecular flexibility index (Phi) is 2.78. The Labute approximate surface area is 77.2 Å². The molecule has 0 heterocycles. The van der Waals surface area contributed by atoms with E-state index in [-0.39, 0.29) is 0 Å². The predicted molar refractivity (Wildman–Crippen MR) is 54.6 cm³/mol. The maximum atomic E-state index is 2.59. The van der Waals surface area contributed by atoms with Gasteiger partial charge in [0.15, 0.2) is 0 Å². The van der Waals surface area contributed by atoms with Crippen molar-refractivity contribution >= 4 is 22.6 Å². The highest BCUT2D eigenvalue weighted by Gasteiger charge is 2.28. The van der Waals surface area contributed by atoms with Crippen LogP contribution in [0.4, 0.5) is 0 Å². The van der Waals surface area contributed by atoms with Crippen LogP contribution in [-0.2, 0) is 0 Å². The van der Waals surface area contributed by atoms with E-state index in [0.717, 1.165) is 5.92 Å². The number of hydrogen-bond donors (Lipinski definition) is 0. The fraction of sp³-hybridized carbons (Fsp3) is 0.778. The van der Waals surface area contributed by atoms with Crippen molar-refractivity contribution in [1.82, 2.24) is 0 Å². The predicted octanol–water partition coefficient (Wildman–Crippen LogP) is 3.56. The van der Waals surface area contributed by atoms with Crippen LogP contribution in [0.15, 0.2) is 12.2 Å². The van der Waals surface area contributed by atoms with E-state index in [1.807, 2.05) is 0 Å². The molecule has 1 unspecified atom stereocenters. The first kappa shape index (κ1) is 8.57. The zero-order chi connectivity index (χ0) is 7.61. The molecule has 58 valence electrons. The molecule has 1 heteroatoms. The summed E-state index contributed by atoms with van der Waals surface area (Å²) in [5.74, 6) is 0.782. The average molecular weight is 250 g/mol. The normalized spacial score (nSPS) is 33.2. The maximum Gasteiger partial charge on any atom is 0.0424 e. The summed E-state index contributed by atoms with van der Waals surface area (Å²) in [5.41, 5.74) is 0. The quantitative estimate of drug-likeness (QED) is 0.379. The molecule has 0 nitrogen and oxygen atoms in total. The summed E-state index contributed by atoms with van der Waals surface area (Å²) in [6.07, 6.45) is 8.74. The van der Waals surface area contributed by atoms with Crippen molar-refractivity contribution in [2.24, 2.45) is 5.92 Å². The first-order chi connectivity index (χ1) is 4.65. The van der Waals surface area contributed by atoms with Crippen LogP contribution in [-0.4, -0.2) is 3.42 Å². The topological polar surface area (TPSA) is 0 Å². The third-order valence-corrected chi connectivity index (χ3v) is 4.43. The first-order valence-corrected chi connectivity index (χ1v) is 5.09. The van der Waals surface area contributed by atoms with Gasteiger partial charge in [0.05, 0.1) is 0 Å². The van der Waals surface area contributed by atoms with Crippen LogP contribution in [0, 0.1) is 5.92 Å². The Morgan fingerprint density at radius 1 is 1.50 bits per heavy atom. The molecule has 0 bridgehead atoms. The molecule has 1 rings (SSSR count). The maximum absolute atomic E-state index is 2.59. The second kappa shape index (κ2) is 3.24. The van der Waals surface area contributed by atoms with E-state index in [1.165, 1.54) is 19.3 Å². The Balaban J connectivity index is 2.65. The minimum Gasteiger partial charge on any atom is -0.0872 e. The van der Waals surface area contributed by atoms with Gasteiger partial charge in [-0.25, -0.2) is 0 Å². The minimum absolute atomic E-state index is 0.468. The van der Waals surface area contributed by atoms with Crippen LogP contribution in [0.2, 0.25) is 0 Å². The molecular formula is C9H15I. The molecule has 0 N–H and O–H groups in total. The molecule has 0 aliphatic heterocycles. The van der Waals surface area contributed by atoms with E-state index in [2.05, 4.69) is 48.6 Å². The second-order valence-electron chi connectivity index (χ2n) is 3.38. The zero-order valence-electron chi connectivity index (χ0n) is 6.73. The molecular weight excluding hydrogens is 235 g/mol. The van der Waals surface area contributed by atoms with Crippen molar-refractivity contribution in [3.05, 3.63) is 12.2 Å². The molecule has 0 aromatic carbocycles. The van der Waals surface area contributed by atoms with Gasteiger partial charge < -0.3 is 0 Å². The van der Waals surface area contributed by atoms with Crippen LogP contribution in [0.25, 0.3) is 0 Å². The molecule has 0 radical (unpaired) electrons. The molecule has 10 heavy (non-hydrogen) atoms. The summed E-state index contributed by atoms with van der Waals surface area (Å²) in [6, 6.07) is 0. The van der Waals surface area contributed by atoms with Crippen molar-refractivity contribution in [2.45, 2.75) is 36.5 Å².